The lowest BCUT2D eigenvalue weighted by Gasteiger charge is -1.96. The van der Waals surface area contributed by atoms with Gasteiger partial charge in [-0.05, 0) is 29.8 Å². The number of amides is 1. The number of aromatic nitrogens is 3. The minimum Gasteiger partial charge on any atom is -0.497 e. The molecule has 1 N–H and O–H groups in total. The number of thiazole rings is 1. The number of methoxy groups -OCH3 is 1. The number of fused-ring (bicyclic) bond motifs is 1. The molecule has 1 amide bonds. The van der Waals surface area contributed by atoms with E-state index in [4.69, 9.17) is 16.3 Å². The summed E-state index contributed by atoms with van der Waals surface area (Å²) < 4.78 is 6.30. The molecule has 0 bridgehead atoms. The predicted molar refractivity (Wildman–Crippen MR) is 79.0 cm³/mol. The molecule has 0 aliphatic carbocycles. The number of rotatable bonds is 3. The lowest BCUT2D eigenvalue weighted by Crippen LogP contribution is -2.11. The molecule has 0 fully saturated rings. The molecular formula is C11H7ClN4O2S2. The fraction of sp³-hybridized carbons (Fsp3) is 0.0909. The minimum atomic E-state index is -0.375. The molecule has 2 aromatic heterocycles. The first-order valence-electron chi connectivity index (χ1n) is 5.40. The van der Waals surface area contributed by atoms with Gasteiger partial charge in [-0.25, -0.2) is 4.98 Å². The highest BCUT2D eigenvalue weighted by atomic mass is 35.5. The van der Waals surface area contributed by atoms with E-state index >= 15 is 0 Å². The van der Waals surface area contributed by atoms with Crippen molar-refractivity contribution in [1.29, 1.82) is 0 Å². The summed E-state index contributed by atoms with van der Waals surface area (Å²) in [5.41, 5.74) is 0.793. The van der Waals surface area contributed by atoms with E-state index in [2.05, 4.69) is 20.5 Å². The molecule has 0 aliphatic rings. The Hall–Kier alpha value is -1.77. The molecule has 0 saturated heterocycles. The standard InChI is InChI=1S/C11H7ClN4O2S2/c1-18-5-2-3-6-7(4-5)19-11(13-6)14-8(17)9-15-16-10(12)20-9/h2-4H,1H3,(H,13,14,17). The second kappa shape index (κ2) is 5.31. The Morgan fingerprint density at radius 3 is 2.90 bits per heavy atom. The Kier molecular flexibility index (Phi) is 3.51. The van der Waals surface area contributed by atoms with Crippen LogP contribution in [0.1, 0.15) is 9.80 Å². The van der Waals surface area contributed by atoms with E-state index in [1.54, 1.807) is 7.11 Å². The van der Waals surface area contributed by atoms with Crippen molar-refractivity contribution in [3.63, 3.8) is 0 Å². The molecule has 20 heavy (non-hydrogen) atoms. The van der Waals surface area contributed by atoms with Gasteiger partial charge in [0.25, 0.3) is 5.91 Å². The molecule has 0 aliphatic heterocycles. The van der Waals surface area contributed by atoms with Crippen LogP contribution in [0, 0.1) is 0 Å². The van der Waals surface area contributed by atoms with Crippen molar-refractivity contribution in [2.24, 2.45) is 0 Å². The van der Waals surface area contributed by atoms with Gasteiger partial charge in [-0.3, -0.25) is 10.1 Å². The van der Waals surface area contributed by atoms with Gasteiger partial charge < -0.3 is 4.74 Å². The summed E-state index contributed by atoms with van der Waals surface area (Å²) in [5, 5.41) is 10.6. The highest BCUT2D eigenvalue weighted by molar-refractivity contribution is 7.22. The molecule has 6 nitrogen and oxygen atoms in total. The van der Waals surface area contributed by atoms with Crippen molar-refractivity contribution in [2.75, 3.05) is 12.4 Å². The van der Waals surface area contributed by atoms with Gasteiger partial charge in [0.15, 0.2) is 5.13 Å². The SMILES string of the molecule is COc1ccc2nc(NC(=O)c3nnc(Cl)s3)sc2c1. The maximum absolute atomic E-state index is 11.9. The van der Waals surface area contributed by atoms with Crippen molar-refractivity contribution < 1.29 is 9.53 Å². The second-order valence-electron chi connectivity index (χ2n) is 3.67. The first-order valence-corrected chi connectivity index (χ1v) is 7.42. The topological polar surface area (TPSA) is 77.0 Å². The molecule has 0 saturated carbocycles. The number of hydrogen-bond acceptors (Lipinski definition) is 7. The van der Waals surface area contributed by atoms with E-state index in [0.717, 1.165) is 27.3 Å². The highest BCUT2D eigenvalue weighted by Crippen LogP contribution is 2.29. The highest BCUT2D eigenvalue weighted by Gasteiger charge is 2.14. The van der Waals surface area contributed by atoms with Crippen molar-refractivity contribution >= 4 is 55.5 Å². The monoisotopic (exact) mass is 326 g/mol. The smallest absolute Gasteiger partial charge is 0.288 e. The fourth-order valence-electron chi connectivity index (χ4n) is 1.53. The summed E-state index contributed by atoms with van der Waals surface area (Å²) in [6.45, 7) is 0. The van der Waals surface area contributed by atoms with Crippen LogP contribution in [0.5, 0.6) is 5.75 Å². The number of nitrogens with one attached hydrogen (secondary N) is 1. The van der Waals surface area contributed by atoms with E-state index in [1.807, 2.05) is 18.2 Å². The number of ether oxygens (including phenoxy) is 1. The Bertz CT molecular complexity index is 786. The molecule has 0 unspecified atom stereocenters. The third-order valence-electron chi connectivity index (χ3n) is 2.41. The Labute approximate surface area is 126 Å². The fourth-order valence-corrected chi connectivity index (χ4v) is 3.15. The van der Waals surface area contributed by atoms with E-state index in [-0.39, 0.29) is 15.4 Å². The summed E-state index contributed by atoms with van der Waals surface area (Å²) in [7, 11) is 1.60. The first kappa shape index (κ1) is 13.2. The number of carbonyl (C=O) groups is 1. The molecule has 0 atom stereocenters. The number of carbonyl (C=O) groups excluding carboxylic acids is 1. The van der Waals surface area contributed by atoms with Gasteiger partial charge in [-0.15, -0.1) is 10.2 Å². The molecule has 102 valence electrons. The van der Waals surface area contributed by atoms with E-state index < -0.39 is 0 Å². The largest absolute Gasteiger partial charge is 0.497 e. The van der Waals surface area contributed by atoms with Gasteiger partial charge in [-0.1, -0.05) is 22.7 Å². The van der Waals surface area contributed by atoms with Crippen molar-refractivity contribution in [1.82, 2.24) is 15.2 Å². The maximum Gasteiger partial charge on any atom is 0.288 e. The third kappa shape index (κ3) is 2.58. The van der Waals surface area contributed by atoms with Crippen LogP contribution in [0.25, 0.3) is 10.2 Å². The molecule has 0 radical (unpaired) electrons. The van der Waals surface area contributed by atoms with Crippen molar-refractivity contribution in [3.05, 3.63) is 27.7 Å². The van der Waals surface area contributed by atoms with E-state index in [9.17, 15) is 4.79 Å². The molecule has 2 heterocycles. The Morgan fingerprint density at radius 1 is 1.35 bits per heavy atom. The second-order valence-corrected chi connectivity index (χ2v) is 6.26. The van der Waals surface area contributed by atoms with Crippen LogP contribution < -0.4 is 10.1 Å². The van der Waals surface area contributed by atoms with Crippen LogP contribution in [0.15, 0.2) is 18.2 Å². The quantitative estimate of drug-likeness (QED) is 0.800. The summed E-state index contributed by atoms with van der Waals surface area (Å²) in [5.74, 6) is 0.371. The Balaban J connectivity index is 1.85. The van der Waals surface area contributed by atoms with Crippen LogP contribution in [0.2, 0.25) is 4.47 Å². The van der Waals surface area contributed by atoms with E-state index in [1.165, 1.54) is 11.3 Å². The summed E-state index contributed by atoms with van der Waals surface area (Å²) >= 11 is 8.02. The van der Waals surface area contributed by atoms with Gasteiger partial charge in [0, 0.05) is 0 Å². The molecule has 0 spiro atoms. The summed E-state index contributed by atoms with van der Waals surface area (Å²) in [6.07, 6.45) is 0. The van der Waals surface area contributed by atoms with Crippen LogP contribution in [0.3, 0.4) is 0 Å². The van der Waals surface area contributed by atoms with Gasteiger partial charge >= 0.3 is 0 Å². The molecule has 3 rings (SSSR count). The number of benzene rings is 1. The third-order valence-corrected chi connectivity index (χ3v) is 4.36. The van der Waals surface area contributed by atoms with Gasteiger partial charge in [-0.2, -0.15) is 0 Å². The zero-order valence-corrected chi connectivity index (χ0v) is 12.5. The average Bonchev–Trinajstić information content (AvgIpc) is 3.03. The molecule has 9 heteroatoms. The van der Waals surface area contributed by atoms with Crippen molar-refractivity contribution in [2.45, 2.75) is 0 Å². The number of nitrogens with zero attached hydrogens (tertiary/aromatic N) is 3. The predicted octanol–water partition coefficient (Wildman–Crippen LogP) is 3.06. The van der Waals surface area contributed by atoms with Crippen molar-refractivity contribution in [3.8, 4) is 5.75 Å². The lowest BCUT2D eigenvalue weighted by atomic mass is 10.3. The average molecular weight is 327 g/mol. The summed E-state index contributed by atoms with van der Waals surface area (Å²) in [6, 6.07) is 5.52. The normalized spacial score (nSPS) is 10.7. The first-order chi connectivity index (χ1) is 9.65. The minimum absolute atomic E-state index is 0.201. The van der Waals surface area contributed by atoms with Crippen LogP contribution in [0.4, 0.5) is 5.13 Å². The maximum atomic E-state index is 11.9. The van der Waals surface area contributed by atoms with Gasteiger partial charge in [0.05, 0.1) is 17.3 Å². The van der Waals surface area contributed by atoms with Gasteiger partial charge in [0.1, 0.15) is 5.75 Å². The number of hydrogen-bond donors (Lipinski definition) is 1. The molecule has 3 aromatic rings. The lowest BCUT2D eigenvalue weighted by molar-refractivity contribution is 0.102. The zero-order chi connectivity index (χ0) is 14.1. The zero-order valence-electron chi connectivity index (χ0n) is 10.1. The Morgan fingerprint density at radius 2 is 2.20 bits per heavy atom. The molecule has 1 aromatic carbocycles. The van der Waals surface area contributed by atoms with Crippen LogP contribution >= 0.6 is 34.3 Å². The van der Waals surface area contributed by atoms with Gasteiger partial charge in [0.2, 0.25) is 9.47 Å². The van der Waals surface area contributed by atoms with Crippen LogP contribution in [-0.4, -0.2) is 28.2 Å². The van der Waals surface area contributed by atoms with Crippen LogP contribution in [-0.2, 0) is 0 Å². The van der Waals surface area contributed by atoms with E-state index in [0.29, 0.717) is 5.13 Å². The number of anilines is 1. The molecular weight excluding hydrogens is 320 g/mol. The summed E-state index contributed by atoms with van der Waals surface area (Å²) in [4.78, 5) is 16.2. The number of halogens is 1.